The maximum Gasteiger partial charge on any atom is 0.0623 e. The van der Waals surface area contributed by atoms with Crippen molar-refractivity contribution in [3.05, 3.63) is 34.9 Å². The normalized spacial score (nSPS) is 13.4. The van der Waals surface area contributed by atoms with Crippen LogP contribution in [0.2, 0.25) is 0 Å². The third kappa shape index (κ3) is 7.10. The van der Waals surface area contributed by atoms with Crippen LogP contribution in [0.3, 0.4) is 0 Å². The van der Waals surface area contributed by atoms with Gasteiger partial charge < -0.3 is 10.1 Å². The van der Waals surface area contributed by atoms with Crippen molar-refractivity contribution in [1.29, 1.82) is 0 Å². The molecule has 0 fully saturated rings. The molecule has 0 saturated carbocycles. The highest BCUT2D eigenvalue weighted by Gasteiger charge is 2.19. The van der Waals surface area contributed by atoms with E-state index in [1.807, 2.05) is 0 Å². The summed E-state index contributed by atoms with van der Waals surface area (Å²) in [7, 11) is 1.80. The van der Waals surface area contributed by atoms with Crippen LogP contribution in [-0.2, 0) is 11.2 Å². The second kappa shape index (κ2) is 8.55. The SMILES string of the molecule is CCCNC(CCC(C)(C)OC)Cc1cc(C)cc(C)c1. The van der Waals surface area contributed by atoms with E-state index in [1.165, 1.54) is 23.1 Å². The Morgan fingerprint density at radius 1 is 1.14 bits per heavy atom. The van der Waals surface area contributed by atoms with Gasteiger partial charge in [-0.05, 0) is 65.5 Å². The quantitative estimate of drug-likeness (QED) is 0.727. The Balaban J connectivity index is 2.68. The van der Waals surface area contributed by atoms with E-state index in [1.54, 1.807) is 7.11 Å². The summed E-state index contributed by atoms with van der Waals surface area (Å²) < 4.78 is 5.55. The van der Waals surface area contributed by atoms with Gasteiger partial charge in [-0.25, -0.2) is 0 Å². The standard InChI is InChI=1S/C19H33NO/c1-7-10-20-18(8-9-19(4,5)21-6)14-17-12-15(2)11-16(3)13-17/h11-13,18,20H,7-10,14H2,1-6H3. The first-order valence-electron chi connectivity index (χ1n) is 8.22. The van der Waals surface area contributed by atoms with Gasteiger partial charge in [0, 0.05) is 13.2 Å². The smallest absolute Gasteiger partial charge is 0.0623 e. The summed E-state index contributed by atoms with van der Waals surface area (Å²) in [6, 6.07) is 7.40. The van der Waals surface area contributed by atoms with Gasteiger partial charge in [0.15, 0.2) is 0 Å². The van der Waals surface area contributed by atoms with E-state index in [9.17, 15) is 0 Å². The summed E-state index contributed by atoms with van der Waals surface area (Å²) in [6.45, 7) is 12.0. The monoisotopic (exact) mass is 291 g/mol. The number of hydrogen-bond acceptors (Lipinski definition) is 2. The van der Waals surface area contributed by atoms with Crippen LogP contribution in [0.15, 0.2) is 18.2 Å². The zero-order valence-electron chi connectivity index (χ0n) is 14.8. The number of aryl methyl sites for hydroxylation is 2. The van der Waals surface area contributed by atoms with E-state index in [0.29, 0.717) is 6.04 Å². The van der Waals surface area contributed by atoms with Gasteiger partial charge in [-0.3, -0.25) is 0 Å². The van der Waals surface area contributed by atoms with E-state index in [4.69, 9.17) is 4.74 Å². The van der Waals surface area contributed by atoms with E-state index < -0.39 is 0 Å². The molecule has 0 aliphatic heterocycles. The molecule has 0 amide bonds. The van der Waals surface area contributed by atoms with Crippen molar-refractivity contribution in [3.8, 4) is 0 Å². The van der Waals surface area contributed by atoms with Gasteiger partial charge in [-0.15, -0.1) is 0 Å². The zero-order valence-corrected chi connectivity index (χ0v) is 14.8. The minimum absolute atomic E-state index is 0.0331. The van der Waals surface area contributed by atoms with Gasteiger partial charge in [0.2, 0.25) is 0 Å². The Labute approximate surface area is 131 Å². The molecule has 0 spiro atoms. The van der Waals surface area contributed by atoms with Crippen LogP contribution < -0.4 is 5.32 Å². The molecule has 1 unspecified atom stereocenters. The average molecular weight is 291 g/mol. The van der Waals surface area contributed by atoms with Crippen molar-refractivity contribution < 1.29 is 4.74 Å². The molecule has 2 heteroatoms. The maximum absolute atomic E-state index is 5.55. The Kier molecular flexibility index (Phi) is 7.41. The lowest BCUT2D eigenvalue weighted by atomic mass is 9.94. The Hall–Kier alpha value is -0.860. The minimum atomic E-state index is -0.0331. The molecule has 120 valence electrons. The Morgan fingerprint density at radius 3 is 2.29 bits per heavy atom. The molecule has 0 heterocycles. The summed E-state index contributed by atoms with van der Waals surface area (Å²) in [5.41, 5.74) is 4.12. The van der Waals surface area contributed by atoms with Crippen molar-refractivity contribution in [3.63, 3.8) is 0 Å². The van der Waals surface area contributed by atoms with Gasteiger partial charge in [0.05, 0.1) is 5.60 Å². The Bertz CT molecular complexity index is 405. The van der Waals surface area contributed by atoms with E-state index in [0.717, 1.165) is 25.8 Å². The van der Waals surface area contributed by atoms with Gasteiger partial charge in [-0.1, -0.05) is 36.2 Å². The number of nitrogens with one attached hydrogen (secondary N) is 1. The number of benzene rings is 1. The summed E-state index contributed by atoms with van der Waals surface area (Å²) in [5, 5.41) is 3.70. The zero-order chi connectivity index (χ0) is 15.9. The first-order chi connectivity index (χ1) is 9.86. The van der Waals surface area contributed by atoms with Crippen LogP contribution in [0.1, 0.15) is 56.7 Å². The molecule has 0 radical (unpaired) electrons. The van der Waals surface area contributed by atoms with Crippen molar-refractivity contribution in [2.75, 3.05) is 13.7 Å². The molecule has 0 saturated heterocycles. The van der Waals surface area contributed by atoms with Crippen LogP contribution >= 0.6 is 0 Å². The average Bonchev–Trinajstić information content (AvgIpc) is 2.41. The molecule has 21 heavy (non-hydrogen) atoms. The molecule has 1 atom stereocenters. The van der Waals surface area contributed by atoms with E-state index in [2.05, 4.69) is 58.1 Å². The summed E-state index contributed by atoms with van der Waals surface area (Å²) in [5.74, 6) is 0. The number of hydrogen-bond donors (Lipinski definition) is 1. The second-order valence-corrected chi connectivity index (χ2v) is 6.85. The fraction of sp³-hybridized carbons (Fsp3) is 0.684. The highest BCUT2D eigenvalue weighted by molar-refractivity contribution is 5.29. The highest BCUT2D eigenvalue weighted by atomic mass is 16.5. The summed E-state index contributed by atoms with van der Waals surface area (Å²) >= 11 is 0. The van der Waals surface area contributed by atoms with Gasteiger partial charge in [0.1, 0.15) is 0 Å². The molecule has 0 aliphatic carbocycles. The van der Waals surface area contributed by atoms with Crippen molar-refractivity contribution in [2.45, 2.75) is 71.9 Å². The topological polar surface area (TPSA) is 21.3 Å². The number of rotatable bonds is 9. The lowest BCUT2D eigenvalue weighted by molar-refractivity contribution is 0.0117. The van der Waals surface area contributed by atoms with Gasteiger partial charge >= 0.3 is 0 Å². The first kappa shape index (κ1) is 18.2. The maximum atomic E-state index is 5.55. The molecule has 1 rings (SSSR count). The van der Waals surface area contributed by atoms with Crippen LogP contribution in [0.5, 0.6) is 0 Å². The third-order valence-corrected chi connectivity index (χ3v) is 4.09. The predicted molar refractivity (Wildman–Crippen MR) is 92.0 cm³/mol. The molecule has 0 aromatic heterocycles. The second-order valence-electron chi connectivity index (χ2n) is 6.85. The third-order valence-electron chi connectivity index (χ3n) is 4.09. The number of methoxy groups -OCH3 is 1. The molecular weight excluding hydrogens is 258 g/mol. The first-order valence-corrected chi connectivity index (χ1v) is 8.22. The highest BCUT2D eigenvalue weighted by Crippen LogP contribution is 2.19. The lowest BCUT2D eigenvalue weighted by Gasteiger charge is -2.26. The van der Waals surface area contributed by atoms with E-state index in [-0.39, 0.29) is 5.60 Å². The van der Waals surface area contributed by atoms with Crippen LogP contribution in [0.4, 0.5) is 0 Å². The Morgan fingerprint density at radius 2 is 1.76 bits per heavy atom. The molecule has 1 N–H and O–H groups in total. The lowest BCUT2D eigenvalue weighted by Crippen LogP contribution is -2.34. The minimum Gasteiger partial charge on any atom is -0.379 e. The van der Waals surface area contributed by atoms with Crippen LogP contribution in [0, 0.1) is 13.8 Å². The largest absolute Gasteiger partial charge is 0.379 e. The van der Waals surface area contributed by atoms with E-state index >= 15 is 0 Å². The predicted octanol–water partition coefficient (Wildman–Crippen LogP) is 4.42. The van der Waals surface area contributed by atoms with Crippen LogP contribution in [-0.4, -0.2) is 25.3 Å². The molecular formula is C19H33NO. The summed E-state index contributed by atoms with van der Waals surface area (Å²) in [6.07, 6.45) is 4.50. The fourth-order valence-corrected chi connectivity index (χ4v) is 2.72. The summed E-state index contributed by atoms with van der Waals surface area (Å²) in [4.78, 5) is 0. The van der Waals surface area contributed by atoms with Crippen molar-refractivity contribution in [1.82, 2.24) is 5.32 Å². The van der Waals surface area contributed by atoms with Crippen LogP contribution in [0.25, 0.3) is 0 Å². The molecule has 2 nitrogen and oxygen atoms in total. The van der Waals surface area contributed by atoms with Crippen molar-refractivity contribution >= 4 is 0 Å². The molecule has 1 aromatic carbocycles. The fourth-order valence-electron chi connectivity index (χ4n) is 2.72. The molecule has 1 aromatic rings. The van der Waals surface area contributed by atoms with Gasteiger partial charge in [0.25, 0.3) is 0 Å². The number of ether oxygens (including phenoxy) is 1. The molecule has 0 bridgehead atoms. The van der Waals surface area contributed by atoms with Crippen molar-refractivity contribution in [2.24, 2.45) is 0 Å². The molecule has 0 aliphatic rings. The van der Waals surface area contributed by atoms with Gasteiger partial charge in [-0.2, -0.15) is 0 Å².